The van der Waals surface area contributed by atoms with Crippen molar-refractivity contribution in [2.24, 2.45) is 0 Å². The topological polar surface area (TPSA) is 12.9 Å². The standard InChI is InChI=1S/C5H3BrF3NS/c6-1-4-10-3(2-11-4)5(7,8)9/h2H,1H2. The van der Waals surface area contributed by atoms with Crippen molar-refractivity contribution >= 4 is 27.3 Å². The van der Waals surface area contributed by atoms with Crippen LogP contribution in [-0.2, 0) is 11.5 Å². The summed E-state index contributed by atoms with van der Waals surface area (Å²) in [6.45, 7) is 0. The van der Waals surface area contributed by atoms with Gasteiger partial charge in [-0.2, -0.15) is 13.2 Å². The Morgan fingerprint density at radius 2 is 2.18 bits per heavy atom. The van der Waals surface area contributed by atoms with Gasteiger partial charge < -0.3 is 0 Å². The molecule has 1 heterocycles. The summed E-state index contributed by atoms with van der Waals surface area (Å²) in [7, 11) is 0. The zero-order valence-corrected chi connectivity index (χ0v) is 7.55. The highest BCUT2D eigenvalue weighted by molar-refractivity contribution is 9.08. The Balaban J connectivity index is 2.89. The van der Waals surface area contributed by atoms with E-state index in [0.29, 0.717) is 10.3 Å². The molecular formula is C5H3BrF3NS. The molecule has 0 saturated carbocycles. The highest BCUT2D eigenvalue weighted by atomic mass is 79.9. The van der Waals surface area contributed by atoms with Crippen LogP contribution in [0.3, 0.4) is 0 Å². The molecule has 0 aliphatic heterocycles. The largest absolute Gasteiger partial charge is 0.434 e. The minimum atomic E-state index is -4.31. The molecule has 0 aromatic carbocycles. The molecule has 11 heavy (non-hydrogen) atoms. The van der Waals surface area contributed by atoms with Crippen LogP contribution in [0.2, 0.25) is 0 Å². The molecule has 1 nitrogen and oxygen atoms in total. The summed E-state index contributed by atoms with van der Waals surface area (Å²) < 4.78 is 35.6. The van der Waals surface area contributed by atoms with Crippen molar-refractivity contribution in [2.75, 3.05) is 0 Å². The second kappa shape index (κ2) is 3.10. The van der Waals surface area contributed by atoms with Crippen LogP contribution in [0.5, 0.6) is 0 Å². The van der Waals surface area contributed by atoms with Gasteiger partial charge in [0.2, 0.25) is 0 Å². The third-order valence-electron chi connectivity index (χ3n) is 0.956. The summed E-state index contributed by atoms with van der Waals surface area (Å²) in [5, 5.41) is 1.82. The molecule has 0 saturated heterocycles. The maximum absolute atomic E-state index is 11.9. The van der Waals surface area contributed by atoms with Gasteiger partial charge in [-0.3, -0.25) is 0 Å². The minimum absolute atomic E-state index is 0.369. The van der Waals surface area contributed by atoms with Crippen LogP contribution in [0.15, 0.2) is 5.38 Å². The van der Waals surface area contributed by atoms with E-state index in [-0.39, 0.29) is 0 Å². The summed E-state index contributed by atoms with van der Waals surface area (Å²) in [5.41, 5.74) is -0.808. The van der Waals surface area contributed by atoms with E-state index in [4.69, 9.17) is 0 Å². The molecule has 0 spiro atoms. The maximum atomic E-state index is 11.9. The molecule has 0 unspecified atom stereocenters. The van der Waals surface area contributed by atoms with Gasteiger partial charge in [0.15, 0.2) is 5.69 Å². The first kappa shape index (κ1) is 8.99. The summed E-state index contributed by atoms with van der Waals surface area (Å²) in [4.78, 5) is 3.35. The second-order valence-electron chi connectivity index (χ2n) is 1.76. The van der Waals surface area contributed by atoms with Crippen molar-refractivity contribution in [3.63, 3.8) is 0 Å². The van der Waals surface area contributed by atoms with Crippen LogP contribution < -0.4 is 0 Å². The Morgan fingerprint density at radius 1 is 1.55 bits per heavy atom. The Kier molecular flexibility index (Phi) is 2.54. The molecule has 0 bridgehead atoms. The first-order valence-electron chi connectivity index (χ1n) is 2.61. The smallest absolute Gasteiger partial charge is 0.236 e. The predicted octanol–water partition coefficient (Wildman–Crippen LogP) is 3.06. The molecule has 62 valence electrons. The molecule has 0 aliphatic carbocycles. The van der Waals surface area contributed by atoms with E-state index in [1.54, 1.807) is 0 Å². The minimum Gasteiger partial charge on any atom is -0.236 e. The maximum Gasteiger partial charge on any atom is 0.434 e. The number of rotatable bonds is 1. The van der Waals surface area contributed by atoms with Gasteiger partial charge in [0, 0.05) is 5.38 Å². The van der Waals surface area contributed by atoms with Gasteiger partial charge in [0.05, 0.1) is 5.33 Å². The van der Waals surface area contributed by atoms with Crippen molar-refractivity contribution in [2.45, 2.75) is 11.5 Å². The molecule has 0 atom stereocenters. The first-order chi connectivity index (χ1) is 5.04. The molecule has 0 aliphatic rings. The fourth-order valence-electron chi connectivity index (χ4n) is 0.502. The van der Waals surface area contributed by atoms with E-state index in [9.17, 15) is 13.2 Å². The van der Waals surface area contributed by atoms with Gasteiger partial charge in [-0.1, -0.05) is 15.9 Å². The van der Waals surface area contributed by atoms with E-state index in [1.807, 2.05) is 0 Å². The van der Waals surface area contributed by atoms with Gasteiger partial charge in [0.25, 0.3) is 0 Å². The lowest BCUT2D eigenvalue weighted by Gasteiger charge is -1.99. The lowest BCUT2D eigenvalue weighted by Crippen LogP contribution is -2.04. The van der Waals surface area contributed by atoms with Gasteiger partial charge >= 0.3 is 6.18 Å². The van der Waals surface area contributed by atoms with E-state index in [2.05, 4.69) is 20.9 Å². The van der Waals surface area contributed by atoms with Crippen molar-refractivity contribution in [3.8, 4) is 0 Å². The highest BCUT2D eigenvalue weighted by Gasteiger charge is 2.33. The molecule has 6 heteroatoms. The van der Waals surface area contributed by atoms with Crippen molar-refractivity contribution in [3.05, 3.63) is 16.1 Å². The summed E-state index contributed by atoms with van der Waals surface area (Å²) >= 11 is 4.02. The van der Waals surface area contributed by atoms with Crippen LogP contribution in [0.4, 0.5) is 13.2 Å². The molecular weight excluding hydrogens is 243 g/mol. The quantitative estimate of drug-likeness (QED) is 0.694. The van der Waals surface area contributed by atoms with Gasteiger partial charge in [-0.25, -0.2) is 4.98 Å². The third-order valence-corrected chi connectivity index (χ3v) is 2.71. The van der Waals surface area contributed by atoms with E-state index >= 15 is 0 Å². The molecule has 1 aromatic heterocycles. The number of aromatic nitrogens is 1. The van der Waals surface area contributed by atoms with Crippen LogP contribution in [-0.4, -0.2) is 4.98 Å². The van der Waals surface area contributed by atoms with Gasteiger partial charge in [-0.15, -0.1) is 11.3 Å². The number of thiazole rings is 1. The van der Waals surface area contributed by atoms with E-state index in [1.165, 1.54) is 0 Å². The SMILES string of the molecule is FC(F)(F)c1csc(CBr)n1. The van der Waals surface area contributed by atoms with Gasteiger partial charge in [0.1, 0.15) is 5.01 Å². The zero-order valence-electron chi connectivity index (χ0n) is 5.15. The third kappa shape index (κ3) is 2.16. The van der Waals surface area contributed by atoms with Crippen LogP contribution in [0.25, 0.3) is 0 Å². The monoisotopic (exact) mass is 245 g/mol. The van der Waals surface area contributed by atoms with Crippen molar-refractivity contribution < 1.29 is 13.2 Å². The Bertz CT molecular complexity index is 244. The molecule has 0 radical (unpaired) electrons. The number of halogens is 4. The van der Waals surface area contributed by atoms with Crippen molar-refractivity contribution in [1.29, 1.82) is 0 Å². The molecule has 0 amide bonds. The Hall–Kier alpha value is -0.100. The Morgan fingerprint density at radius 3 is 2.45 bits per heavy atom. The molecule has 1 aromatic rings. The highest BCUT2D eigenvalue weighted by Crippen LogP contribution is 2.30. The Labute approximate surface area is 73.4 Å². The lowest BCUT2D eigenvalue weighted by molar-refractivity contribution is -0.140. The van der Waals surface area contributed by atoms with E-state index < -0.39 is 11.9 Å². The summed E-state index contributed by atoms with van der Waals surface area (Å²) in [5.74, 6) is 0. The van der Waals surface area contributed by atoms with Crippen LogP contribution >= 0.6 is 27.3 Å². The average Bonchev–Trinajstić information content (AvgIpc) is 2.32. The molecule has 0 fully saturated rings. The van der Waals surface area contributed by atoms with Crippen LogP contribution in [0, 0.1) is 0 Å². The lowest BCUT2D eigenvalue weighted by atomic mass is 10.5. The second-order valence-corrected chi connectivity index (χ2v) is 3.26. The number of hydrogen-bond donors (Lipinski definition) is 0. The predicted molar refractivity (Wildman–Crippen MR) is 39.7 cm³/mol. The molecule has 1 rings (SSSR count). The molecule has 0 N–H and O–H groups in total. The zero-order chi connectivity index (χ0) is 8.48. The fraction of sp³-hybridized carbons (Fsp3) is 0.400. The van der Waals surface area contributed by atoms with Crippen LogP contribution in [0.1, 0.15) is 10.7 Å². The fourth-order valence-corrected chi connectivity index (χ4v) is 1.67. The van der Waals surface area contributed by atoms with Crippen molar-refractivity contribution in [1.82, 2.24) is 4.98 Å². The number of hydrogen-bond acceptors (Lipinski definition) is 2. The number of nitrogens with zero attached hydrogens (tertiary/aromatic N) is 1. The van der Waals surface area contributed by atoms with E-state index in [0.717, 1.165) is 16.7 Å². The normalized spacial score (nSPS) is 12.0. The summed E-state index contributed by atoms with van der Waals surface area (Å²) in [6.07, 6.45) is -4.31. The summed E-state index contributed by atoms with van der Waals surface area (Å²) in [6, 6.07) is 0. The average molecular weight is 246 g/mol. The first-order valence-corrected chi connectivity index (χ1v) is 4.61. The number of alkyl halides is 4. The van der Waals surface area contributed by atoms with Gasteiger partial charge in [-0.05, 0) is 0 Å².